The zero-order valence-corrected chi connectivity index (χ0v) is 7.34. The van der Waals surface area contributed by atoms with E-state index in [1.165, 1.54) is 6.07 Å². The Kier molecular flexibility index (Phi) is 2.83. The highest BCUT2D eigenvalue weighted by Gasteiger charge is 2.11. The Labute approximate surface area is 72.1 Å². The summed E-state index contributed by atoms with van der Waals surface area (Å²) in [5, 5.41) is 0. The molecular weight excluding hydrogens is 174 g/mol. The molecule has 1 aromatic rings. The van der Waals surface area contributed by atoms with E-state index in [4.69, 9.17) is 5.73 Å². The monoisotopic (exact) mass is 184 g/mol. The summed E-state index contributed by atoms with van der Waals surface area (Å²) in [6.45, 7) is 0.144. The van der Waals surface area contributed by atoms with Crippen LogP contribution in [0.5, 0.6) is 0 Å². The standard InChI is InChI=1S/C8H10NO2S/c9-6-7-12(10,11)8-4-2-1-3-5-8/h1-4H,6-7,9H2. The van der Waals surface area contributed by atoms with Crippen LogP contribution in [-0.4, -0.2) is 20.7 Å². The van der Waals surface area contributed by atoms with Gasteiger partial charge in [-0.3, -0.25) is 0 Å². The molecule has 0 spiro atoms. The van der Waals surface area contributed by atoms with Gasteiger partial charge in [-0.1, -0.05) is 18.2 Å². The normalized spacial score (nSPS) is 11.4. The second-order valence-electron chi connectivity index (χ2n) is 2.33. The van der Waals surface area contributed by atoms with Crippen LogP contribution < -0.4 is 5.73 Å². The summed E-state index contributed by atoms with van der Waals surface area (Å²) in [5.41, 5.74) is 5.16. The van der Waals surface area contributed by atoms with Crippen LogP contribution >= 0.6 is 0 Å². The van der Waals surface area contributed by atoms with Crippen molar-refractivity contribution in [3.8, 4) is 0 Å². The molecule has 0 saturated heterocycles. The maximum atomic E-state index is 11.3. The lowest BCUT2D eigenvalue weighted by atomic mass is 10.4. The van der Waals surface area contributed by atoms with Crippen molar-refractivity contribution in [2.45, 2.75) is 4.90 Å². The van der Waals surface area contributed by atoms with E-state index in [1.807, 2.05) is 0 Å². The van der Waals surface area contributed by atoms with Crippen molar-refractivity contribution in [1.82, 2.24) is 0 Å². The molecule has 2 N–H and O–H groups in total. The summed E-state index contributed by atoms with van der Waals surface area (Å²) in [5.74, 6) is -0.0203. The van der Waals surface area contributed by atoms with Gasteiger partial charge < -0.3 is 5.73 Å². The van der Waals surface area contributed by atoms with Gasteiger partial charge in [-0.05, 0) is 6.07 Å². The van der Waals surface area contributed by atoms with Gasteiger partial charge in [-0.2, -0.15) is 0 Å². The van der Waals surface area contributed by atoms with Crippen LogP contribution in [0.3, 0.4) is 0 Å². The Bertz CT molecular complexity index is 331. The highest BCUT2D eigenvalue weighted by molar-refractivity contribution is 7.91. The van der Waals surface area contributed by atoms with Crippen LogP contribution in [0, 0.1) is 6.07 Å². The minimum absolute atomic E-state index is 0.0203. The van der Waals surface area contributed by atoms with Crippen LogP contribution in [0.2, 0.25) is 0 Å². The zero-order valence-electron chi connectivity index (χ0n) is 6.53. The first-order valence-corrected chi connectivity index (χ1v) is 5.21. The molecule has 0 aliphatic carbocycles. The molecule has 0 unspecified atom stereocenters. The number of hydrogen-bond donors (Lipinski definition) is 1. The Hall–Kier alpha value is -0.870. The number of hydrogen-bond acceptors (Lipinski definition) is 3. The molecule has 0 fully saturated rings. The average molecular weight is 184 g/mol. The molecule has 4 heteroatoms. The largest absolute Gasteiger partial charge is 0.329 e. The molecule has 0 aliphatic rings. The Morgan fingerprint density at radius 2 is 2.17 bits per heavy atom. The molecule has 65 valence electrons. The first-order valence-electron chi connectivity index (χ1n) is 3.56. The Morgan fingerprint density at radius 1 is 1.42 bits per heavy atom. The molecule has 0 atom stereocenters. The van der Waals surface area contributed by atoms with E-state index in [9.17, 15) is 8.42 Å². The van der Waals surface area contributed by atoms with E-state index in [0.29, 0.717) is 0 Å². The van der Waals surface area contributed by atoms with E-state index in [0.717, 1.165) is 0 Å². The van der Waals surface area contributed by atoms with Crippen LogP contribution in [0.1, 0.15) is 0 Å². The molecule has 1 rings (SSSR count). The Balaban J connectivity index is 2.99. The van der Waals surface area contributed by atoms with Crippen molar-refractivity contribution < 1.29 is 8.42 Å². The molecule has 0 heterocycles. The number of benzene rings is 1. The van der Waals surface area contributed by atoms with E-state index in [2.05, 4.69) is 6.07 Å². The van der Waals surface area contributed by atoms with Gasteiger partial charge in [0.1, 0.15) is 0 Å². The van der Waals surface area contributed by atoms with Gasteiger partial charge in [0.25, 0.3) is 0 Å². The molecular formula is C8H10NO2S. The summed E-state index contributed by atoms with van der Waals surface area (Å²) < 4.78 is 22.6. The maximum absolute atomic E-state index is 11.3. The second-order valence-corrected chi connectivity index (χ2v) is 4.41. The SMILES string of the molecule is NCCS(=O)(=O)c1[c]cccc1. The van der Waals surface area contributed by atoms with Gasteiger partial charge in [0.05, 0.1) is 10.6 Å². The lowest BCUT2D eigenvalue weighted by molar-refractivity contribution is 0.596. The number of nitrogens with two attached hydrogens (primary N) is 1. The van der Waals surface area contributed by atoms with Crippen molar-refractivity contribution in [1.29, 1.82) is 0 Å². The average Bonchev–Trinajstić information content (AvgIpc) is 2.06. The van der Waals surface area contributed by atoms with Gasteiger partial charge >= 0.3 is 0 Å². The first kappa shape index (κ1) is 9.22. The lowest BCUT2D eigenvalue weighted by Crippen LogP contribution is -2.15. The third-order valence-electron chi connectivity index (χ3n) is 1.40. The van der Waals surface area contributed by atoms with Crippen molar-refractivity contribution in [3.05, 3.63) is 30.3 Å². The van der Waals surface area contributed by atoms with E-state index >= 15 is 0 Å². The fourth-order valence-corrected chi connectivity index (χ4v) is 1.90. The van der Waals surface area contributed by atoms with Crippen LogP contribution in [0.15, 0.2) is 29.2 Å². The van der Waals surface area contributed by atoms with Gasteiger partial charge in [0.2, 0.25) is 0 Å². The first-order chi connectivity index (χ1) is 5.67. The zero-order chi connectivity index (χ0) is 9.03. The van der Waals surface area contributed by atoms with Crippen LogP contribution in [-0.2, 0) is 9.84 Å². The van der Waals surface area contributed by atoms with Crippen LogP contribution in [0.25, 0.3) is 0 Å². The van der Waals surface area contributed by atoms with Gasteiger partial charge in [-0.25, -0.2) is 8.42 Å². The minimum Gasteiger partial charge on any atom is -0.329 e. The number of sulfone groups is 1. The highest BCUT2D eigenvalue weighted by Crippen LogP contribution is 2.07. The smallest absolute Gasteiger partial charge is 0.180 e. The Morgan fingerprint density at radius 3 is 2.67 bits per heavy atom. The molecule has 0 aliphatic heterocycles. The van der Waals surface area contributed by atoms with Crippen molar-refractivity contribution >= 4 is 9.84 Å². The van der Waals surface area contributed by atoms with Gasteiger partial charge in [0, 0.05) is 12.6 Å². The van der Waals surface area contributed by atoms with Crippen LogP contribution in [0.4, 0.5) is 0 Å². The fourth-order valence-electron chi connectivity index (χ4n) is 0.835. The van der Waals surface area contributed by atoms with Gasteiger partial charge in [0.15, 0.2) is 9.84 Å². The fraction of sp³-hybridized carbons (Fsp3) is 0.250. The lowest BCUT2D eigenvalue weighted by Gasteiger charge is -2.00. The quantitative estimate of drug-likeness (QED) is 0.731. The van der Waals surface area contributed by atoms with Crippen molar-refractivity contribution in [2.75, 3.05) is 12.3 Å². The summed E-state index contributed by atoms with van der Waals surface area (Å²) in [7, 11) is -3.19. The topological polar surface area (TPSA) is 60.2 Å². The molecule has 1 radical (unpaired) electrons. The summed E-state index contributed by atoms with van der Waals surface area (Å²) in [6, 6.07) is 9.13. The third-order valence-corrected chi connectivity index (χ3v) is 3.10. The molecule has 0 amide bonds. The van der Waals surface area contributed by atoms with E-state index in [1.54, 1.807) is 18.2 Å². The van der Waals surface area contributed by atoms with E-state index < -0.39 is 9.84 Å². The third kappa shape index (κ3) is 2.06. The molecule has 1 aromatic carbocycles. The molecule has 0 saturated carbocycles. The predicted molar refractivity (Wildman–Crippen MR) is 46.4 cm³/mol. The number of rotatable bonds is 3. The minimum atomic E-state index is -3.19. The summed E-state index contributed by atoms with van der Waals surface area (Å²) in [6.07, 6.45) is 0. The van der Waals surface area contributed by atoms with E-state index in [-0.39, 0.29) is 17.2 Å². The predicted octanol–water partition coefficient (Wildman–Crippen LogP) is 0.219. The summed E-state index contributed by atoms with van der Waals surface area (Å²) >= 11 is 0. The molecule has 0 aromatic heterocycles. The highest BCUT2D eigenvalue weighted by atomic mass is 32.2. The second kappa shape index (κ2) is 3.69. The van der Waals surface area contributed by atoms with Crippen molar-refractivity contribution in [3.63, 3.8) is 0 Å². The van der Waals surface area contributed by atoms with Crippen molar-refractivity contribution in [2.24, 2.45) is 5.73 Å². The van der Waals surface area contributed by atoms with Gasteiger partial charge in [-0.15, -0.1) is 0 Å². The summed E-state index contributed by atoms with van der Waals surface area (Å²) in [4.78, 5) is 0.218. The maximum Gasteiger partial charge on any atom is 0.180 e. The molecule has 12 heavy (non-hydrogen) atoms. The molecule has 3 nitrogen and oxygen atoms in total. The molecule has 0 bridgehead atoms.